The summed E-state index contributed by atoms with van der Waals surface area (Å²) in [6.45, 7) is 0.316. The first kappa shape index (κ1) is 20.7. The molecule has 0 unspecified atom stereocenters. The van der Waals surface area contributed by atoms with Gasteiger partial charge in [-0.2, -0.15) is 0 Å². The molecule has 1 N–H and O–H groups in total. The van der Waals surface area contributed by atoms with Gasteiger partial charge < -0.3 is 10.1 Å². The molecule has 1 saturated heterocycles. The zero-order valence-electron chi connectivity index (χ0n) is 17.6. The first-order valence-electron chi connectivity index (χ1n) is 10.6. The summed E-state index contributed by atoms with van der Waals surface area (Å²) in [6.07, 6.45) is -0.981. The fraction of sp³-hybridized carbons (Fsp3) is 0.115. The van der Waals surface area contributed by atoms with Gasteiger partial charge in [0.1, 0.15) is 6.10 Å². The molecule has 1 aliphatic heterocycles. The predicted molar refractivity (Wildman–Crippen MR) is 126 cm³/mol. The number of rotatable bonds is 4. The van der Waals surface area contributed by atoms with Crippen molar-refractivity contribution in [3.05, 3.63) is 118 Å². The lowest BCUT2D eigenvalue weighted by Crippen LogP contribution is -2.35. The van der Waals surface area contributed by atoms with Crippen LogP contribution in [0.5, 0.6) is 0 Å². The van der Waals surface area contributed by atoms with E-state index >= 15 is 0 Å². The number of ether oxygens (including phenoxy) is 1. The number of nitrogens with zero attached hydrogens (tertiary/aromatic N) is 2. The van der Waals surface area contributed by atoms with Crippen molar-refractivity contribution in [3.63, 3.8) is 0 Å². The summed E-state index contributed by atoms with van der Waals surface area (Å²) in [7, 11) is 0. The molecule has 0 radical (unpaired) electrons. The molecule has 0 saturated carbocycles. The maximum absolute atomic E-state index is 13.3. The van der Waals surface area contributed by atoms with Crippen molar-refractivity contribution in [1.29, 1.82) is 0 Å². The molecular weight excluding hydrogens is 418 g/mol. The molecule has 1 aliphatic rings. The molecule has 33 heavy (non-hydrogen) atoms. The quantitative estimate of drug-likeness (QED) is 0.310. The van der Waals surface area contributed by atoms with Crippen LogP contribution in [-0.2, 0) is 4.74 Å². The van der Waals surface area contributed by atoms with Gasteiger partial charge in [0.15, 0.2) is 6.23 Å². The van der Waals surface area contributed by atoms with E-state index in [1.54, 1.807) is 17.0 Å². The van der Waals surface area contributed by atoms with Gasteiger partial charge >= 0.3 is 6.03 Å². The minimum absolute atomic E-state index is 0.0160. The number of non-ortho nitro benzene ring substituents is 1. The molecule has 0 spiro atoms. The van der Waals surface area contributed by atoms with Gasteiger partial charge in [0.2, 0.25) is 0 Å². The zero-order chi connectivity index (χ0) is 22.8. The van der Waals surface area contributed by atoms with E-state index in [1.807, 2.05) is 72.8 Å². The Balaban J connectivity index is 1.41. The molecule has 0 aliphatic carbocycles. The molecule has 2 amide bonds. The van der Waals surface area contributed by atoms with Gasteiger partial charge in [0.05, 0.1) is 11.5 Å². The number of carbonyl (C=O) groups is 1. The summed E-state index contributed by atoms with van der Waals surface area (Å²) in [5.41, 5.74) is 2.35. The Kier molecular flexibility index (Phi) is 5.46. The summed E-state index contributed by atoms with van der Waals surface area (Å²) in [6, 6.07) is 29.3. The molecule has 0 bridgehead atoms. The predicted octanol–water partition coefficient (Wildman–Crippen LogP) is 6.05. The van der Waals surface area contributed by atoms with E-state index in [0.29, 0.717) is 12.2 Å². The Morgan fingerprint density at radius 2 is 1.58 bits per heavy atom. The van der Waals surface area contributed by atoms with Crippen LogP contribution in [-0.4, -0.2) is 22.4 Å². The largest absolute Gasteiger partial charge is 0.344 e. The summed E-state index contributed by atoms with van der Waals surface area (Å²) in [5, 5.41) is 16.1. The molecule has 1 heterocycles. The first-order chi connectivity index (χ1) is 16.1. The highest BCUT2D eigenvalue weighted by Crippen LogP contribution is 2.38. The van der Waals surface area contributed by atoms with Gasteiger partial charge in [-0.3, -0.25) is 15.0 Å². The van der Waals surface area contributed by atoms with Crippen molar-refractivity contribution >= 4 is 28.2 Å². The molecule has 2 atom stereocenters. The number of benzene rings is 4. The number of amides is 2. The number of nitrogens with one attached hydrogen (secondary N) is 1. The molecule has 7 heteroatoms. The van der Waals surface area contributed by atoms with Crippen LogP contribution in [0.1, 0.15) is 23.5 Å². The average Bonchev–Trinajstić information content (AvgIpc) is 3.30. The number of hydrogen-bond acceptors (Lipinski definition) is 4. The maximum Gasteiger partial charge on any atom is 0.324 e. The van der Waals surface area contributed by atoms with Crippen molar-refractivity contribution in [1.82, 2.24) is 4.90 Å². The van der Waals surface area contributed by atoms with Crippen molar-refractivity contribution in [2.45, 2.75) is 12.3 Å². The smallest absolute Gasteiger partial charge is 0.324 e. The van der Waals surface area contributed by atoms with Crippen LogP contribution in [0.25, 0.3) is 10.8 Å². The molecule has 1 fully saturated rings. The Hall–Kier alpha value is -4.23. The highest BCUT2D eigenvalue weighted by atomic mass is 16.6. The lowest BCUT2D eigenvalue weighted by molar-refractivity contribution is -0.384. The van der Waals surface area contributed by atoms with Crippen molar-refractivity contribution in [2.75, 3.05) is 11.9 Å². The highest BCUT2D eigenvalue weighted by molar-refractivity contribution is 5.93. The Morgan fingerprint density at radius 1 is 0.879 bits per heavy atom. The van der Waals surface area contributed by atoms with Crippen LogP contribution in [0.15, 0.2) is 97.1 Å². The molecule has 164 valence electrons. The van der Waals surface area contributed by atoms with Crippen molar-refractivity contribution in [3.8, 4) is 0 Å². The Labute approximate surface area is 190 Å². The number of hydrogen-bond donors (Lipinski definition) is 1. The average molecular weight is 439 g/mol. The number of urea groups is 1. The van der Waals surface area contributed by atoms with E-state index in [0.717, 1.165) is 21.9 Å². The van der Waals surface area contributed by atoms with E-state index in [9.17, 15) is 14.9 Å². The number of fused-ring (bicyclic) bond motifs is 1. The summed E-state index contributed by atoms with van der Waals surface area (Å²) < 4.78 is 6.27. The lowest BCUT2D eigenvalue weighted by atomic mass is 10.1. The van der Waals surface area contributed by atoms with Crippen molar-refractivity contribution < 1.29 is 14.5 Å². The highest BCUT2D eigenvalue weighted by Gasteiger charge is 2.38. The topological polar surface area (TPSA) is 84.7 Å². The third kappa shape index (κ3) is 4.26. The summed E-state index contributed by atoms with van der Waals surface area (Å²) >= 11 is 0. The number of anilines is 1. The monoisotopic (exact) mass is 439 g/mol. The minimum atomic E-state index is -0.577. The van der Waals surface area contributed by atoms with E-state index < -0.39 is 17.3 Å². The normalized spacial score (nSPS) is 17.8. The number of nitro groups is 1. The van der Waals surface area contributed by atoms with Gasteiger partial charge in [-0.15, -0.1) is 0 Å². The molecule has 4 aromatic rings. The standard InChI is InChI=1S/C26H21N3O4/c30-26(27-22-13-10-18-6-4-5-9-21(18)16-22)28-17-24(19-11-14-23(15-12-19)29(31)32)33-25(28)20-7-2-1-3-8-20/h1-16,24-25H,17H2,(H,27,30)/t24-,25-/m0/s1. The maximum atomic E-state index is 13.3. The molecule has 0 aromatic heterocycles. The van der Waals surface area contributed by atoms with Crippen LogP contribution in [0.2, 0.25) is 0 Å². The van der Waals surface area contributed by atoms with E-state index in [4.69, 9.17) is 4.74 Å². The molecule has 5 rings (SSSR count). The zero-order valence-corrected chi connectivity index (χ0v) is 17.6. The fourth-order valence-corrected chi connectivity index (χ4v) is 4.07. The lowest BCUT2D eigenvalue weighted by Gasteiger charge is -2.23. The second-order valence-electron chi connectivity index (χ2n) is 7.88. The second kappa shape index (κ2) is 8.72. The summed E-state index contributed by atoms with van der Waals surface area (Å²) in [5.74, 6) is 0. The third-order valence-corrected chi connectivity index (χ3v) is 5.76. The molecule has 4 aromatic carbocycles. The van der Waals surface area contributed by atoms with Crippen LogP contribution in [0.3, 0.4) is 0 Å². The van der Waals surface area contributed by atoms with Gasteiger partial charge in [-0.25, -0.2) is 4.79 Å². The van der Waals surface area contributed by atoms with Crippen molar-refractivity contribution in [2.24, 2.45) is 0 Å². The molecule has 7 nitrogen and oxygen atoms in total. The number of nitro benzene ring substituents is 1. The Morgan fingerprint density at radius 3 is 2.30 bits per heavy atom. The Bertz CT molecular complexity index is 1310. The van der Waals surface area contributed by atoms with E-state index in [2.05, 4.69) is 5.32 Å². The van der Waals surface area contributed by atoms with Gasteiger partial charge in [0.25, 0.3) is 5.69 Å². The molecular formula is C26H21N3O4. The van der Waals surface area contributed by atoms with Crippen LogP contribution < -0.4 is 5.32 Å². The summed E-state index contributed by atoms with van der Waals surface area (Å²) in [4.78, 5) is 25.5. The number of carbonyl (C=O) groups excluding carboxylic acids is 1. The first-order valence-corrected chi connectivity index (χ1v) is 10.6. The fourth-order valence-electron chi connectivity index (χ4n) is 4.07. The SMILES string of the molecule is O=C(Nc1ccc2ccccc2c1)N1C[C@@H](c2ccc([N+](=O)[O-])cc2)O[C@H]1c1ccccc1. The van der Waals surface area contributed by atoms with Gasteiger partial charge in [0, 0.05) is 23.4 Å². The van der Waals surface area contributed by atoms with Crippen LogP contribution in [0.4, 0.5) is 16.2 Å². The minimum Gasteiger partial charge on any atom is -0.344 e. The van der Waals surface area contributed by atoms with Crippen LogP contribution in [0, 0.1) is 10.1 Å². The van der Waals surface area contributed by atoms with Gasteiger partial charge in [-0.1, -0.05) is 60.7 Å². The van der Waals surface area contributed by atoms with E-state index in [-0.39, 0.29) is 11.7 Å². The second-order valence-corrected chi connectivity index (χ2v) is 7.88. The van der Waals surface area contributed by atoms with Gasteiger partial charge in [-0.05, 0) is 40.6 Å². The van der Waals surface area contributed by atoms with E-state index in [1.165, 1.54) is 12.1 Å². The van der Waals surface area contributed by atoms with Crippen LogP contribution >= 0.6 is 0 Å². The third-order valence-electron chi connectivity index (χ3n) is 5.76.